The number of anilines is 2. The number of rotatable bonds is 11. The average Bonchev–Trinajstić information content (AvgIpc) is 4.01. The van der Waals surface area contributed by atoms with E-state index in [4.69, 9.17) is 14.2 Å². The number of fused-ring (bicyclic) bond motifs is 1. The number of methoxy groups -OCH3 is 1. The molecule has 0 radical (unpaired) electrons. The van der Waals surface area contributed by atoms with Gasteiger partial charge in [0.2, 0.25) is 17.8 Å². The van der Waals surface area contributed by atoms with Crippen LogP contribution in [0, 0.1) is 0 Å². The number of aromatic nitrogens is 11. The molecule has 0 saturated heterocycles. The molecule has 17 nitrogen and oxygen atoms in total. The number of carbonyl (C=O) groups is 2. The van der Waals surface area contributed by atoms with Crippen molar-refractivity contribution in [3.8, 4) is 51.4 Å². The predicted molar refractivity (Wildman–Crippen MR) is 188 cm³/mol. The SMILES string of the molecule is COc1ccc(-c2cccc(-c3nnc(NC(=O)CCc4nc5ccccc5[nH]4)[nH]3)n2)cc1-c1cc(C(=O)Nc2nnc(-c3ccccn3)[nH]2)no1. The van der Waals surface area contributed by atoms with Crippen molar-refractivity contribution in [2.75, 3.05) is 17.7 Å². The molecule has 0 atom stereocenters. The van der Waals surface area contributed by atoms with Crippen LogP contribution in [0.15, 0.2) is 95.6 Å². The number of H-pyrrole nitrogens is 3. The average molecular weight is 694 g/mol. The number of carbonyl (C=O) groups excluding carboxylic acids is 2. The van der Waals surface area contributed by atoms with Crippen LogP contribution in [0.4, 0.5) is 11.9 Å². The third-order valence-corrected chi connectivity index (χ3v) is 7.89. The fraction of sp³-hybridized carbons (Fsp3) is 0.0857. The molecule has 0 bridgehead atoms. The summed E-state index contributed by atoms with van der Waals surface area (Å²) in [6, 6.07) is 25.4. The van der Waals surface area contributed by atoms with Crippen LogP contribution in [-0.2, 0) is 11.2 Å². The van der Waals surface area contributed by atoms with Crippen molar-refractivity contribution < 1.29 is 18.8 Å². The van der Waals surface area contributed by atoms with Crippen molar-refractivity contribution in [3.05, 3.63) is 103 Å². The first-order valence-electron chi connectivity index (χ1n) is 15.9. The monoisotopic (exact) mass is 693 g/mol. The topological polar surface area (TPSA) is 231 Å². The number of aromatic amines is 3. The number of pyridine rings is 2. The molecule has 256 valence electrons. The van der Waals surface area contributed by atoms with E-state index in [0.29, 0.717) is 52.2 Å². The highest BCUT2D eigenvalue weighted by molar-refractivity contribution is 6.02. The molecule has 6 heterocycles. The predicted octanol–water partition coefficient (Wildman–Crippen LogP) is 5.08. The zero-order valence-electron chi connectivity index (χ0n) is 27.3. The van der Waals surface area contributed by atoms with E-state index in [2.05, 4.69) is 61.1 Å². The maximum absolute atomic E-state index is 13.0. The second-order valence-electron chi connectivity index (χ2n) is 11.4. The summed E-state index contributed by atoms with van der Waals surface area (Å²) in [4.78, 5) is 48.3. The summed E-state index contributed by atoms with van der Waals surface area (Å²) in [5.74, 6) is 1.81. The fourth-order valence-electron chi connectivity index (χ4n) is 5.39. The Morgan fingerprint density at radius 3 is 2.35 bits per heavy atom. The molecule has 0 aliphatic heterocycles. The molecule has 8 aromatic rings. The van der Waals surface area contributed by atoms with E-state index in [0.717, 1.165) is 22.4 Å². The van der Waals surface area contributed by atoms with Crippen LogP contribution in [-0.4, -0.2) is 74.4 Å². The molecule has 0 unspecified atom stereocenters. The minimum Gasteiger partial charge on any atom is -0.496 e. The van der Waals surface area contributed by atoms with E-state index in [1.165, 1.54) is 13.2 Å². The summed E-state index contributed by atoms with van der Waals surface area (Å²) in [7, 11) is 1.53. The Balaban J connectivity index is 0.947. The van der Waals surface area contributed by atoms with Crippen LogP contribution in [0.3, 0.4) is 0 Å². The first-order valence-corrected chi connectivity index (χ1v) is 15.9. The van der Waals surface area contributed by atoms with Crippen molar-refractivity contribution in [1.29, 1.82) is 0 Å². The Labute approximate surface area is 293 Å². The number of nitrogens with zero attached hydrogens (tertiary/aromatic N) is 8. The second-order valence-corrected chi connectivity index (χ2v) is 11.4. The van der Waals surface area contributed by atoms with Gasteiger partial charge in [-0.25, -0.2) is 9.97 Å². The lowest BCUT2D eigenvalue weighted by molar-refractivity contribution is -0.116. The van der Waals surface area contributed by atoms with Gasteiger partial charge in [-0.15, -0.1) is 20.4 Å². The smallest absolute Gasteiger partial charge is 0.280 e. The minimum atomic E-state index is -0.558. The normalized spacial score (nSPS) is 11.1. The molecular weight excluding hydrogens is 666 g/mol. The number of para-hydroxylation sites is 2. The number of ether oxygens (including phenoxy) is 1. The van der Waals surface area contributed by atoms with E-state index in [1.54, 1.807) is 30.5 Å². The summed E-state index contributed by atoms with van der Waals surface area (Å²) >= 11 is 0. The Kier molecular flexibility index (Phi) is 8.38. The third-order valence-electron chi connectivity index (χ3n) is 7.89. The van der Waals surface area contributed by atoms with E-state index < -0.39 is 5.91 Å². The van der Waals surface area contributed by atoms with E-state index in [-0.39, 0.29) is 29.9 Å². The van der Waals surface area contributed by atoms with E-state index >= 15 is 0 Å². The van der Waals surface area contributed by atoms with Crippen LogP contribution in [0.5, 0.6) is 5.75 Å². The van der Waals surface area contributed by atoms with Gasteiger partial charge in [0.1, 0.15) is 23.0 Å². The number of nitrogens with one attached hydrogen (secondary N) is 5. The molecule has 0 aliphatic carbocycles. The Morgan fingerprint density at radius 2 is 1.54 bits per heavy atom. The third kappa shape index (κ3) is 6.68. The molecule has 2 aromatic carbocycles. The lowest BCUT2D eigenvalue weighted by atomic mass is 10.0. The van der Waals surface area contributed by atoms with Gasteiger partial charge in [0.05, 0.1) is 29.4 Å². The molecule has 0 saturated carbocycles. The zero-order chi connectivity index (χ0) is 35.4. The summed E-state index contributed by atoms with van der Waals surface area (Å²) < 4.78 is 11.2. The van der Waals surface area contributed by atoms with E-state index in [1.807, 2.05) is 54.6 Å². The van der Waals surface area contributed by atoms with Crippen LogP contribution < -0.4 is 15.4 Å². The highest BCUT2D eigenvalue weighted by atomic mass is 16.5. The van der Waals surface area contributed by atoms with Gasteiger partial charge in [-0.1, -0.05) is 29.4 Å². The van der Waals surface area contributed by atoms with Gasteiger partial charge in [-0.3, -0.25) is 25.2 Å². The van der Waals surface area contributed by atoms with Gasteiger partial charge in [-0.05, 0) is 54.6 Å². The van der Waals surface area contributed by atoms with Gasteiger partial charge in [0.25, 0.3) is 5.91 Å². The molecule has 17 heteroatoms. The molecule has 2 amide bonds. The van der Waals surface area contributed by atoms with Crippen molar-refractivity contribution in [2.45, 2.75) is 12.8 Å². The Hall–Kier alpha value is -7.56. The van der Waals surface area contributed by atoms with Crippen LogP contribution in [0.25, 0.3) is 56.7 Å². The first kappa shape index (κ1) is 31.7. The highest BCUT2D eigenvalue weighted by Gasteiger charge is 2.20. The lowest BCUT2D eigenvalue weighted by Gasteiger charge is -2.09. The summed E-state index contributed by atoms with van der Waals surface area (Å²) in [5.41, 5.74) is 4.75. The van der Waals surface area contributed by atoms with Gasteiger partial charge in [0, 0.05) is 30.7 Å². The molecule has 8 rings (SSSR count). The van der Waals surface area contributed by atoms with Crippen LogP contribution in [0.1, 0.15) is 22.7 Å². The standard InChI is InChI=1S/C35H27N13O4/c1-51-27-13-12-19(17-20(27)28-18-26(48-52-28)33(50)43-35-41-31(44-47-35)24-9-4-5-16-36-24)21-10-6-11-25(37-21)32-42-34(46-45-32)40-30(49)15-14-29-38-22-7-2-3-8-23(22)39-29/h2-13,16-18H,14-15H2,1H3,(H,38,39)(H2,40,42,45,46,49)(H2,41,43,44,47,50). The number of imidazole rings is 1. The number of hydrogen-bond acceptors (Lipinski definition) is 12. The summed E-state index contributed by atoms with van der Waals surface area (Å²) in [6.45, 7) is 0. The zero-order valence-corrected chi connectivity index (χ0v) is 27.3. The molecule has 0 aliphatic rings. The molecule has 5 N–H and O–H groups in total. The number of benzene rings is 2. The fourth-order valence-corrected chi connectivity index (χ4v) is 5.39. The van der Waals surface area contributed by atoms with Crippen molar-refractivity contribution in [3.63, 3.8) is 0 Å². The minimum absolute atomic E-state index is 0.0149. The summed E-state index contributed by atoms with van der Waals surface area (Å²) in [5, 5.41) is 25.6. The second kappa shape index (κ2) is 13.7. The Morgan fingerprint density at radius 1 is 0.769 bits per heavy atom. The molecular formula is C35H27N13O4. The van der Waals surface area contributed by atoms with Crippen LogP contribution in [0.2, 0.25) is 0 Å². The first-order chi connectivity index (χ1) is 25.5. The van der Waals surface area contributed by atoms with Crippen molar-refractivity contribution >= 4 is 34.7 Å². The number of aryl methyl sites for hydroxylation is 1. The molecule has 0 fully saturated rings. The molecule has 6 aromatic heterocycles. The molecule has 52 heavy (non-hydrogen) atoms. The molecule has 0 spiro atoms. The van der Waals surface area contributed by atoms with Gasteiger partial charge >= 0.3 is 0 Å². The van der Waals surface area contributed by atoms with Crippen molar-refractivity contribution in [2.24, 2.45) is 0 Å². The van der Waals surface area contributed by atoms with Gasteiger partial charge in [-0.2, -0.15) is 0 Å². The van der Waals surface area contributed by atoms with Gasteiger partial charge in [0.15, 0.2) is 23.1 Å². The highest BCUT2D eigenvalue weighted by Crippen LogP contribution is 2.35. The van der Waals surface area contributed by atoms with Gasteiger partial charge < -0.3 is 24.2 Å². The maximum atomic E-state index is 13.0. The van der Waals surface area contributed by atoms with E-state index in [9.17, 15) is 9.59 Å². The summed E-state index contributed by atoms with van der Waals surface area (Å²) in [6.07, 6.45) is 2.27. The maximum Gasteiger partial charge on any atom is 0.280 e. The quantitative estimate of drug-likeness (QED) is 0.119. The number of hydrogen-bond donors (Lipinski definition) is 5. The lowest BCUT2D eigenvalue weighted by Crippen LogP contribution is -2.13. The largest absolute Gasteiger partial charge is 0.496 e. The Bertz CT molecular complexity index is 2500. The van der Waals surface area contributed by atoms with Crippen molar-refractivity contribution in [1.82, 2.24) is 55.5 Å². The van der Waals surface area contributed by atoms with Crippen LogP contribution >= 0.6 is 0 Å². The number of amides is 2.